The molecule has 1 aliphatic rings. The second-order valence-electron chi connectivity index (χ2n) is 5.70. The Kier molecular flexibility index (Phi) is 6.70. The summed E-state index contributed by atoms with van der Waals surface area (Å²) in [4.78, 5) is 16.4. The molecule has 1 aromatic rings. The van der Waals surface area contributed by atoms with Crippen molar-refractivity contribution in [3.05, 3.63) is 35.9 Å². The molecule has 1 saturated heterocycles. The predicted octanol–water partition coefficient (Wildman–Crippen LogP) is 1.37. The van der Waals surface area contributed by atoms with Crippen molar-refractivity contribution < 1.29 is 4.79 Å². The molecule has 2 rings (SSSR count). The number of nitrogens with zero attached hydrogens (tertiary/aromatic N) is 2. The van der Waals surface area contributed by atoms with Gasteiger partial charge in [-0.3, -0.25) is 9.69 Å². The largest absolute Gasteiger partial charge is 0.355 e. The van der Waals surface area contributed by atoms with E-state index in [1.54, 1.807) is 0 Å². The van der Waals surface area contributed by atoms with Crippen LogP contribution < -0.4 is 5.32 Å². The molecule has 1 aromatic carbocycles. The van der Waals surface area contributed by atoms with Crippen LogP contribution in [0.2, 0.25) is 0 Å². The van der Waals surface area contributed by atoms with E-state index in [1.165, 1.54) is 5.56 Å². The lowest BCUT2D eigenvalue weighted by Gasteiger charge is -2.34. The monoisotopic (exact) mass is 289 g/mol. The van der Waals surface area contributed by atoms with Crippen LogP contribution >= 0.6 is 0 Å². The van der Waals surface area contributed by atoms with Crippen LogP contribution in [0, 0.1) is 0 Å². The quantitative estimate of drug-likeness (QED) is 0.823. The summed E-state index contributed by atoms with van der Waals surface area (Å²) in [6.07, 6.45) is 2.11. The number of hydrogen-bond donors (Lipinski definition) is 1. The molecule has 0 bridgehead atoms. The molecule has 0 radical (unpaired) electrons. The van der Waals surface area contributed by atoms with E-state index < -0.39 is 0 Å². The van der Waals surface area contributed by atoms with Gasteiger partial charge in [-0.1, -0.05) is 37.3 Å². The number of piperazine rings is 1. The van der Waals surface area contributed by atoms with Crippen molar-refractivity contribution in [1.29, 1.82) is 0 Å². The lowest BCUT2D eigenvalue weighted by Crippen LogP contribution is -2.49. The molecular weight excluding hydrogens is 262 g/mol. The van der Waals surface area contributed by atoms with Crippen molar-refractivity contribution in [2.75, 3.05) is 45.8 Å². The lowest BCUT2D eigenvalue weighted by molar-refractivity contribution is -0.122. The van der Waals surface area contributed by atoms with Gasteiger partial charge in [-0.2, -0.15) is 0 Å². The lowest BCUT2D eigenvalue weighted by atomic mass is 10.1. The van der Waals surface area contributed by atoms with Crippen LogP contribution in [-0.4, -0.2) is 61.5 Å². The number of amides is 1. The molecule has 1 amide bonds. The highest BCUT2D eigenvalue weighted by molar-refractivity contribution is 5.77. The highest BCUT2D eigenvalue weighted by atomic mass is 16.2. The Labute approximate surface area is 128 Å². The first-order chi connectivity index (χ1) is 10.3. The number of rotatable bonds is 7. The fraction of sp³-hybridized carbons (Fsp3) is 0.588. The van der Waals surface area contributed by atoms with Gasteiger partial charge in [0.25, 0.3) is 0 Å². The maximum Gasteiger partial charge on any atom is 0.234 e. The average Bonchev–Trinajstić information content (AvgIpc) is 2.53. The zero-order chi connectivity index (χ0) is 14.9. The normalized spacial score (nSPS) is 16.8. The molecule has 116 valence electrons. The zero-order valence-electron chi connectivity index (χ0n) is 13.1. The summed E-state index contributed by atoms with van der Waals surface area (Å²) in [7, 11) is 0. The van der Waals surface area contributed by atoms with E-state index in [4.69, 9.17) is 0 Å². The molecule has 4 nitrogen and oxygen atoms in total. The van der Waals surface area contributed by atoms with E-state index in [0.29, 0.717) is 6.54 Å². The minimum absolute atomic E-state index is 0.162. The molecule has 1 N–H and O–H groups in total. The second kappa shape index (κ2) is 8.80. The fourth-order valence-electron chi connectivity index (χ4n) is 2.63. The number of benzene rings is 1. The van der Waals surface area contributed by atoms with Crippen LogP contribution in [0.3, 0.4) is 0 Å². The van der Waals surface area contributed by atoms with Gasteiger partial charge in [-0.25, -0.2) is 0 Å². The first-order valence-corrected chi connectivity index (χ1v) is 8.03. The molecule has 0 unspecified atom stereocenters. The second-order valence-corrected chi connectivity index (χ2v) is 5.70. The Morgan fingerprint density at radius 1 is 1.10 bits per heavy atom. The van der Waals surface area contributed by atoms with Gasteiger partial charge in [0.2, 0.25) is 5.91 Å². The molecule has 1 aliphatic heterocycles. The molecule has 1 fully saturated rings. The van der Waals surface area contributed by atoms with Crippen molar-refractivity contribution in [2.45, 2.75) is 19.8 Å². The van der Waals surface area contributed by atoms with Gasteiger partial charge in [-0.15, -0.1) is 0 Å². The number of nitrogens with one attached hydrogen (secondary N) is 1. The molecule has 0 aromatic heterocycles. The smallest absolute Gasteiger partial charge is 0.234 e. The van der Waals surface area contributed by atoms with E-state index in [0.717, 1.165) is 52.1 Å². The predicted molar refractivity (Wildman–Crippen MR) is 86.3 cm³/mol. The molecule has 4 heteroatoms. The Hall–Kier alpha value is -1.39. The Morgan fingerprint density at radius 3 is 2.43 bits per heavy atom. The molecule has 0 aliphatic carbocycles. The van der Waals surface area contributed by atoms with Crippen LogP contribution in [0.1, 0.15) is 18.9 Å². The van der Waals surface area contributed by atoms with Gasteiger partial charge >= 0.3 is 0 Å². The molecular formula is C17H27N3O. The Morgan fingerprint density at radius 2 is 1.76 bits per heavy atom. The fourth-order valence-corrected chi connectivity index (χ4v) is 2.63. The van der Waals surface area contributed by atoms with Gasteiger partial charge in [0.05, 0.1) is 6.54 Å². The number of hydrogen-bond acceptors (Lipinski definition) is 3. The van der Waals surface area contributed by atoms with E-state index in [1.807, 2.05) is 0 Å². The topological polar surface area (TPSA) is 35.6 Å². The summed E-state index contributed by atoms with van der Waals surface area (Å²) in [5, 5.41) is 2.94. The minimum atomic E-state index is 0.162. The third-order valence-electron chi connectivity index (χ3n) is 3.96. The minimum Gasteiger partial charge on any atom is -0.355 e. The van der Waals surface area contributed by atoms with Gasteiger partial charge in [0, 0.05) is 39.3 Å². The van der Waals surface area contributed by atoms with Crippen molar-refractivity contribution in [3.63, 3.8) is 0 Å². The summed E-state index contributed by atoms with van der Waals surface area (Å²) < 4.78 is 0. The Balaban J connectivity index is 1.63. The zero-order valence-corrected chi connectivity index (χ0v) is 13.1. The summed E-state index contributed by atoms with van der Waals surface area (Å²) in [5.41, 5.74) is 1.40. The van der Waals surface area contributed by atoms with E-state index in [2.05, 4.69) is 52.4 Å². The number of carbonyl (C=O) groups is 1. The maximum absolute atomic E-state index is 11.7. The van der Waals surface area contributed by atoms with E-state index in [9.17, 15) is 4.79 Å². The highest BCUT2D eigenvalue weighted by Gasteiger charge is 2.18. The summed E-state index contributed by atoms with van der Waals surface area (Å²) in [5.74, 6) is 0.162. The van der Waals surface area contributed by atoms with E-state index >= 15 is 0 Å². The average molecular weight is 289 g/mol. The van der Waals surface area contributed by atoms with Crippen LogP contribution in [-0.2, 0) is 11.2 Å². The van der Waals surface area contributed by atoms with Gasteiger partial charge in [0.15, 0.2) is 0 Å². The molecule has 21 heavy (non-hydrogen) atoms. The molecule has 0 atom stereocenters. The van der Waals surface area contributed by atoms with Crippen molar-refractivity contribution >= 4 is 5.91 Å². The third kappa shape index (κ3) is 5.86. The van der Waals surface area contributed by atoms with Crippen molar-refractivity contribution in [1.82, 2.24) is 15.1 Å². The van der Waals surface area contributed by atoms with E-state index in [-0.39, 0.29) is 5.91 Å². The summed E-state index contributed by atoms with van der Waals surface area (Å²) in [6.45, 7) is 8.64. The first kappa shape index (κ1) is 16.0. The molecule has 1 heterocycles. The molecule has 0 saturated carbocycles. The standard InChI is InChI=1S/C17H27N3O/c1-2-9-18-17(21)15-20-13-11-19(12-14-20)10-8-16-6-4-3-5-7-16/h3-7H,2,8-15H2,1H3,(H,18,21). The first-order valence-electron chi connectivity index (χ1n) is 8.03. The van der Waals surface area contributed by atoms with Crippen LogP contribution in [0.5, 0.6) is 0 Å². The number of carbonyl (C=O) groups excluding carboxylic acids is 1. The van der Waals surface area contributed by atoms with Gasteiger partial charge in [-0.05, 0) is 18.4 Å². The summed E-state index contributed by atoms with van der Waals surface area (Å²) in [6, 6.07) is 10.6. The SMILES string of the molecule is CCCNC(=O)CN1CCN(CCc2ccccc2)CC1. The molecule has 0 spiro atoms. The van der Waals surface area contributed by atoms with Crippen LogP contribution in [0.25, 0.3) is 0 Å². The van der Waals surface area contributed by atoms with Gasteiger partial charge in [0.1, 0.15) is 0 Å². The Bertz CT molecular complexity index is 413. The third-order valence-corrected chi connectivity index (χ3v) is 3.96. The van der Waals surface area contributed by atoms with Crippen LogP contribution in [0.15, 0.2) is 30.3 Å². The van der Waals surface area contributed by atoms with Gasteiger partial charge < -0.3 is 10.2 Å². The highest BCUT2D eigenvalue weighted by Crippen LogP contribution is 2.05. The maximum atomic E-state index is 11.7. The summed E-state index contributed by atoms with van der Waals surface area (Å²) >= 11 is 0. The van der Waals surface area contributed by atoms with Crippen LogP contribution in [0.4, 0.5) is 0 Å². The van der Waals surface area contributed by atoms with Crippen molar-refractivity contribution in [3.8, 4) is 0 Å². The van der Waals surface area contributed by atoms with Crippen molar-refractivity contribution in [2.24, 2.45) is 0 Å².